The molecule has 4 aliphatic heterocycles. The molecule has 3 saturated heterocycles. The summed E-state index contributed by atoms with van der Waals surface area (Å²) in [4.78, 5) is 57.8. The number of aliphatic carboxylic acids is 1. The van der Waals surface area contributed by atoms with Crippen molar-refractivity contribution in [2.45, 2.75) is 36.7 Å². The van der Waals surface area contributed by atoms with Gasteiger partial charge in [-0.3, -0.25) is 19.3 Å². The predicted molar refractivity (Wildman–Crippen MR) is 142 cm³/mol. The number of hydrogen-bond acceptors (Lipinski definition) is 11. The van der Waals surface area contributed by atoms with Crippen LogP contribution in [-0.4, -0.2) is 97.3 Å². The van der Waals surface area contributed by atoms with Crippen LogP contribution in [0.4, 0.5) is 5.13 Å². The molecule has 204 valence electrons. The number of carbonyl (C=O) groups is 4. The molecule has 0 saturated carbocycles. The minimum atomic E-state index is -1.29. The minimum absolute atomic E-state index is 0. The number of rotatable bonds is 6. The van der Waals surface area contributed by atoms with E-state index in [2.05, 4.69) is 20.8 Å². The van der Waals surface area contributed by atoms with Crippen molar-refractivity contribution in [2.75, 3.05) is 31.1 Å². The summed E-state index contributed by atoms with van der Waals surface area (Å²) in [6.07, 6.45) is 3.89. The van der Waals surface area contributed by atoms with Gasteiger partial charge in [-0.2, -0.15) is 0 Å². The van der Waals surface area contributed by atoms with E-state index in [9.17, 15) is 29.5 Å². The Morgan fingerprint density at radius 1 is 1.29 bits per heavy atom. The maximum atomic E-state index is 13.1. The molecule has 5 heterocycles. The third-order valence-electron chi connectivity index (χ3n) is 6.82. The SMILES string of the molecule is Cl.Nc1nc(C(=NO)C(=O)N[C@@H]2C(=O)N3C(C(=O)O)=C(C=C4CCN(C5CCNCC5)C4=O)CS[C@H]23)cs1. The summed E-state index contributed by atoms with van der Waals surface area (Å²) < 4.78 is 0. The Morgan fingerprint density at radius 3 is 2.66 bits per heavy atom. The highest BCUT2D eigenvalue weighted by Gasteiger charge is 2.54. The lowest BCUT2D eigenvalue weighted by molar-refractivity contribution is -0.150. The van der Waals surface area contributed by atoms with Gasteiger partial charge in [0.05, 0.1) is 0 Å². The number of carboxylic acids is 1. The minimum Gasteiger partial charge on any atom is -0.477 e. The first-order valence-electron chi connectivity index (χ1n) is 11.7. The van der Waals surface area contributed by atoms with Crippen LogP contribution in [0.3, 0.4) is 0 Å². The van der Waals surface area contributed by atoms with E-state index in [0.717, 1.165) is 42.2 Å². The number of carbonyl (C=O) groups excluding carboxylic acids is 3. The van der Waals surface area contributed by atoms with E-state index in [-0.39, 0.29) is 46.6 Å². The second kappa shape index (κ2) is 11.3. The van der Waals surface area contributed by atoms with Gasteiger partial charge in [0.2, 0.25) is 5.91 Å². The normalized spacial score (nSPS) is 25.3. The van der Waals surface area contributed by atoms with E-state index in [1.165, 1.54) is 17.1 Å². The molecule has 2 atom stereocenters. The molecule has 3 amide bonds. The lowest BCUT2D eigenvalue weighted by Gasteiger charge is -2.49. The number of piperidine rings is 1. The number of nitrogens with two attached hydrogens (primary N) is 1. The van der Waals surface area contributed by atoms with E-state index in [1.807, 2.05) is 4.90 Å². The molecule has 13 nitrogen and oxygen atoms in total. The first-order valence-corrected chi connectivity index (χ1v) is 13.6. The average Bonchev–Trinajstić information content (AvgIpc) is 3.48. The Morgan fingerprint density at radius 2 is 2.03 bits per heavy atom. The molecular weight excluding hydrogens is 558 g/mol. The fraction of sp³-hybridized carbons (Fsp3) is 0.455. The highest BCUT2D eigenvalue weighted by Crippen LogP contribution is 2.41. The molecule has 1 aromatic rings. The monoisotopic (exact) mass is 583 g/mol. The van der Waals surface area contributed by atoms with Gasteiger partial charge in [0.25, 0.3) is 11.8 Å². The molecule has 0 radical (unpaired) electrons. The van der Waals surface area contributed by atoms with Crippen LogP contribution in [-0.2, 0) is 19.2 Å². The van der Waals surface area contributed by atoms with Gasteiger partial charge < -0.3 is 31.6 Å². The highest BCUT2D eigenvalue weighted by atomic mass is 35.5. The fourth-order valence-corrected chi connectivity index (χ4v) is 6.87. The molecular formula is C22H26ClN7O6S2. The van der Waals surface area contributed by atoms with E-state index < -0.39 is 34.9 Å². The zero-order valence-electron chi connectivity index (χ0n) is 20.0. The molecule has 0 unspecified atom stereocenters. The summed E-state index contributed by atoms with van der Waals surface area (Å²) >= 11 is 2.34. The van der Waals surface area contributed by atoms with Crippen LogP contribution in [0.15, 0.2) is 33.5 Å². The summed E-state index contributed by atoms with van der Waals surface area (Å²) in [7, 11) is 0. The number of thiazole rings is 1. The first-order chi connectivity index (χ1) is 17.8. The maximum Gasteiger partial charge on any atom is 0.352 e. The van der Waals surface area contributed by atoms with Crippen LogP contribution in [0.25, 0.3) is 0 Å². The Labute approximate surface area is 231 Å². The van der Waals surface area contributed by atoms with Crippen molar-refractivity contribution in [1.29, 1.82) is 0 Å². The van der Waals surface area contributed by atoms with Crippen molar-refractivity contribution in [1.82, 2.24) is 25.4 Å². The van der Waals surface area contributed by atoms with E-state index in [4.69, 9.17) is 5.73 Å². The number of fused-ring (bicyclic) bond motifs is 1. The number of halogens is 1. The number of amides is 3. The maximum absolute atomic E-state index is 13.1. The number of nitrogen functional groups attached to an aromatic ring is 1. The second-order valence-electron chi connectivity index (χ2n) is 8.96. The Hall–Kier alpha value is -3.14. The first kappa shape index (κ1) is 27.9. The molecule has 0 bridgehead atoms. The van der Waals surface area contributed by atoms with Gasteiger partial charge in [0, 0.05) is 29.3 Å². The number of carboxylic acid groups (broad SMARTS) is 1. The number of nitrogens with zero attached hydrogens (tertiary/aromatic N) is 4. The van der Waals surface area contributed by atoms with Gasteiger partial charge in [0.1, 0.15) is 22.8 Å². The standard InChI is InChI=1S/C22H25N7O6S2.ClH/c23-22-25-13(9-37-22)14(27-35)17(30)26-15-19(32)29-16(21(33)34)11(8-36-20(15)29)7-10-3-6-28(18(10)31)12-1-4-24-5-2-12;/h7,9,12,15,20,24,35H,1-6,8H2,(H2,23,25)(H,26,30)(H,33,34);1H/t15-,20-;/m1./s1. The number of nitrogens with one attached hydrogen (secondary N) is 2. The van der Waals surface area contributed by atoms with Crippen LogP contribution in [0.5, 0.6) is 0 Å². The number of β-lactam (4-membered cyclic amide) rings is 1. The number of aromatic nitrogens is 1. The van der Waals surface area contributed by atoms with Gasteiger partial charge in [-0.15, -0.1) is 35.5 Å². The predicted octanol–water partition coefficient (Wildman–Crippen LogP) is -0.0253. The van der Waals surface area contributed by atoms with Crippen molar-refractivity contribution in [2.24, 2.45) is 5.16 Å². The lowest BCUT2D eigenvalue weighted by Crippen LogP contribution is -2.71. The fourth-order valence-electron chi connectivity index (χ4n) is 5.02. The van der Waals surface area contributed by atoms with Crippen molar-refractivity contribution in [3.63, 3.8) is 0 Å². The van der Waals surface area contributed by atoms with Gasteiger partial charge in [0.15, 0.2) is 10.8 Å². The third-order valence-corrected chi connectivity index (χ3v) is 8.80. The van der Waals surface area contributed by atoms with Gasteiger partial charge in [-0.25, -0.2) is 9.78 Å². The van der Waals surface area contributed by atoms with Crippen LogP contribution < -0.4 is 16.4 Å². The van der Waals surface area contributed by atoms with Crippen LogP contribution in [0.2, 0.25) is 0 Å². The topological polar surface area (TPSA) is 191 Å². The number of anilines is 1. The molecule has 0 aliphatic carbocycles. The molecule has 6 N–H and O–H groups in total. The highest BCUT2D eigenvalue weighted by molar-refractivity contribution is 8.00. The number of thioether (sulfide) groups is 1. The Bertz CT molecular complexity index is 1260. The summed E-state index contributed by atoms with van der Waals surface area (Å²) in [5, 5.41) is 29.0. The molecule has 4 aliphatic rings. The zero-order chi connectivity index (χ0) is 26.3. The molecule has 1 aromatic heterocycles. The number of likely N-dealkylation sites (tertiary alicyclic amines) is 1. The van der Waals surface area contributed by atoms with Crippen LogP contribution in [0, 0.1) is 0 Å². The van der Waals surface area contributed by atoms with Crippen molar-refractivity contribution >= 4 is 70.0 Å². The number of oxime groups is 1. The number of allylic oxidation sites excluding steroid dienone is 1. The zero-order valence-corrected chi connectivity index (χ0v) is 22.4. The molecule has 3 fully saturated rings. The van der Waals surface area contributed by atoms with Crippen LogP contribution >= 0.6 is 35.5 Å². The van der Waals surface area contributed by atoms with E-state index in [0.29, 0.717) is 24.1 Å². The Balaban J connectivity index is 0.00000336. The largest absolute Gasteiger partial charge is 0.477 e. The third kappa shape index (κ3) is 4.98. The molecule has 38 heavy (non-hydrogen) atoms. The lowest BCUT2D eigenvalue weighted by atomic mass is 10.0. The quantitative estimate of drug-likeness (QED) is 0.0999. The molecule has 0 aromatic carbocycles. The average molecular weight is 584 g/mol. The molecule has 5 rings (SSSR count). The van der Waals surface area contributed by atoms with Gasteiger partial charge >= 0.3 is 5.97 Å². The van der Waals surface area contributed by atoms with Gasteiger partial charge in [-0.05, 0) is 44.0 Å². The molecule has 16 heteroatoms. The van der Waals surface area contributed by atoms with Gasteiger partial charge in [-0.1, -0.05) is 5.16 Å². The van der Waals surface area contributed by atoms with E-state index in [1.54, 1.807) is 6.08 Å². The molecule has 0 spiro atoms. The van der Waals surface area contributed by atoms with Crippen molar-refractivity contribution < 1.29 is 29.5 Å². The number of hydrogen-bond donors (Lipinski definition) is 5. The summed E-state index contributed by atoms with van der Waals surface area (Å²) in [6, 6.07) is -0.843. The second-order valence-corrected chi connectivity index (χ2v) is 11.0. The summed E-state index contributed by atoms with van der Waals surface area (Å²) in [5.74, 6) is -2.57. The van der Waals surface area contributed by atoms with Crippen molar-refractivity contribution in [3.8, 4) is 0 Å². The smallest absolute Gasteiger partial charge is 0.352 e. The van der Waals surface area contributed by atoms with Crippen LogP contribution in [0.1, 0.15) is 25.0 Å². The summed E-state index contributed by atoms with van der Waals surface area (Å²) in [6.45, 7) is 2.31. The Kier molecular flexibility index (Phi) is 8.30. The van der Waals surface area contributed by atoms with Crippen molar-refractivity contribution in [3.05, 3.63) is 34.0 Å². The van der Waals surface area contributed by atoms with E-state index >= 15 is 0 Å². The summed E-state index contributed by atoms with van der Waals surface area (Å²) in [5.41, 5.74) is 5.96.